The SMILES string of the molecule is CC[C@H]1OC(=O)C(C)(F)C(=O)[C@H](C)[C@@H](O[C@@H]2O[C@H](C)CC(N(C)C)C2O)[C@](C)(OC)C[C@@H](C)CN[C@H](C)[C@H]2N(CCCCn3cc(-c4nccs4)nn3)C(=O)O[C@]12C. The molecule has 0 saturated carbocycles. The molecule has 3 fully saturated rings. The lowest BCUT2D eigenvalue weighted by molar-refractivity contribution is -0.295. The molecule has 2 aromatic heterocycles. The number of amides is 1. The number of nitrogens with zero attached hydrogens (tertiary/aromatic N) is 6. The number of aliphatic hydroxyl groups excluding tert-OH is 1. The second-order valence-electron chi connectivity index (χ2n) is 17.2. The number of halogens is 1. The monoisotopic (exact) mass is 837 g/mol. The molecule has 0 bridgehead atoms. The maximum Gasteiger partial charge on any atom is 0.410 e. The number of ketones is 1. The first-order valence-electron chi connectivity index (χ1n) is 20.4. The van der Waals surface area contributed by atoms with Crippen LogP contribution in [0.4, 0.5) is 9.18 Å². The Kier molecular flexibility index (Phi) is 14.8. The van der Waals surface area contributed by atoms with Crippen LogP contribution in [0.2, 0.25) is 0 Å². The van der Waals surface area contributed by atoms with E-state index in [0.29, 0.717) is 51.0 Å². The second kappa shape index (κ2) is 18.6. The zero-order valence-electron chi connectivity index (χ0n) is 35.8. The van der Waals surface area contributed by atoms with E-state index in [1.807, 2.05) is 51.3 Å². The number of aromatic nitrogens is 4. The van der Waals surface area contributed by atoms with Crippen molar-refractivity contribution in [3.63, 3.8) is 0 Å². The van der Waals surface area contributed by atoms with Crippen molar-refractivity contribution in [2.45, 2.75) is 160 Å². The fraction of sp³-hybridized carbons (Fsp3) is 0.800. The van der Waals surface area contributed by atoms with Crippen LogP contribution in [0.1, 0.15) is 87.5 Å². The summed E-state index contributed by atoms with van der Waals surface area (Å²) in [5.41, 5.74) is -5.06. The average molecular weight is 838 g/mol. The molecule has 13 atom stereocenters. The number of carbonyl (C=O) groups excluding carboxylic acids is 3. The van der Waals surface area contributed by atoms with Gasteiger partial charge in [-0.3, -0.25) is 14.4 Å². The summed E-state index contributed by atoms with van der Waals surface area (Å²) >= 11 is 1.48. The molecule has 326 valence electrons. The molecular weight excluding hydrogens is 774 g/mol. The van der Waals surface area contributed by atoms with Crippen LogP contribution < -0.4 is 5.32 Å². The van der Waals surface area contributed by atoms with Crippen molar-refractivity contribution in [3.05, 3.63) is 17.8 Å². The molecule has 3 aliphatic rings. The molecule has 5 heterocycles. The van der Waals surface area contributed by atoms with Crippen LogP contribution in [0, 0.1) is 11.8 Å². The first-order chi connectivity index (χ1) is 27.3. The van der Waals surface area contributed by atoms with Crippen molar-refractivity contribution in [3.8, 4) is 10.7 Å². The number of rotatable bonds is 11. The van der Waals surface area contributed by atoms with Crippen LogP contribution >= 0.6 is 11.3 Å². The summed E-state index contributed by atoms with van der Waals surface area (Å²) in [4.78, 5) is 49.8. The Labute approximate surface area is 345 Å². The fourth-order valence-corrected chi connectivity index (χ4v) is 9.66. The Morgan fingerprint density at radius 2 is 1.83 bits per heavy atom. The lowest BCUT2D eigenvalue weighted by Crippen LogP contribution is -2.61. The summed E-state index contributed by atoms with van der Waals surface area (Å²) in [7, 11) is 5.21. The van der Waals surface area contributed by atoms with Gasteiger partial charge in [0.25, 0.3) is 5.67 Å². The number of aliphatic hydroxyl groups is 1. The van der Waals surface area contributed by atoms with Gasteiger partial charge in [0.2, 0.25) is 0 Å². The van der Waals surface area contributed by atoms with Crippen LogP contribution in [-0.4, -0.2) is 153 Å². The van der Waals surface area contributed by atoms with E-state index in [9.17, 15) is 19.5 Å². The van der Waals surface area contributed by atoms with Crippen molar-refractivity contribution < 1.29 is 47.6 Å². The van der Waals surface area contributed by atoms with E-state index in [2.05, 4.69) is 20.6 Å². The van der Waals surface area contributed by atoms with Crippen LogP contribution in [0.25, 0.3) is 10.7 Å². The lowest BCUT2D eigenvalue weighted by Gasteiger charge is -2.47. The highest BCUT2D eigenvalue weighted by molar-refractivity contribution is 7.13. The van der Waals surface area contributed by atoms with Crippen molar-refractivity contribution in [1.29, 1.82) is 0 Å². The zero-order valence-corrected chi connectivity index (χ0v) is 36.7. The number of aryl methyl sites for hydroxylation is 1. The van der Waals surface area contributed by atoms with E-state index in [1.54, 1.807) is 36.5 Å². The Morgan fingerprint density at radius 3 is 2.47 bits per heavy atom. The Morgan fingerprint density at radius 1 is 1.12 bits per heavy atom. The minimum Gasteiger partial charge on any atom is -0.455 e. The van der Waals surface area contributed by atoms with Gasteiger partial charge < -0.3 is 39.0 Å². The van der Waals surface area contributed by atoms with Gasteiger partial charge in [0.1, 0.15) is 22.9 Å². The Hall–Kier alpha value is -3.13. The van der Waals surface area contributed by atoms with E-state index >= 15 is 4.39 Å². The predicted molar refractivity (Wildman–Crippen MR) is 214 cm³/mol. The molecule has 58 heavy (non-hydrogen) atoms. The van der Waals surface area contributed by atoms with Gasteiger partial charge >= 0.3 is 12.1 Å². The number of likely N-dealkylation sites (N-methyl/N-ethyl adjacent to an activating group) is 1. The van der Waals surface area contributed by atoms with Gasteiger partial charge in [0, 0.05) is 49.8 Å². The topological polar surface area (TPSA) is 180 Å². The summed E-state index contributed by atoms with van der Waals surface area (Å²) in [6.45, 7) is 14.8. The molecular formula is C40H64FN7O9S. The number of thiazole rings is 1. The van der Waals surface area contributed by atoms with Gasteiger partial charge in [-0.15, -0.1) is 16.4 Å². The molecule has 16 nitrogen and oxygen atoms in total. The van der Waals surface area contributed by atoms with Gasteiger partial charge in [-0.05, 0) is 93.3 Å². The Balaban J connectivity index is 1.41. The van der Waals surface area contributed by atoms with E-state index in [1.165, 1.54) is 25.4 Å². The van der Waals surface area contributed by atoms with E-state index in [4.69, 9.17) is 23.7 Å². The number of esters is 1. The van der Waals surface area contributed by atoms with Gasteiger partial charge in [-0.25, -0.2) is 19.0 Å². The summed E-state index contributed by atoms with van der Waals surface area (Å²) < 4.78 is 49.5. The quantitative estimate of drug-likeness (QED) is 0.186. The molecule has 1 amide bonds. The number of unbranched alkanes of at least 4 members (excludes halogenated alkanes) is 1. The number of Topliss-reactive ketones (excluding diaryl/α,β-unsaturated/α-hetero) is 1. The van der Waals surface area contributed by atoms with Crippen LogP contribution in [-0.2, 0) is 39.8 Å². The van der Waals surface area contributed by atoms with Gasteiger partial charge in [-0.1, -0.05) is 26.0 Å². The summed E-state index contributed by atoms with van der Waals surface area (Å²) in [5, 5.41) is 26.1. The summed E-state index contributed by atoms with van der Waals surface area (Å²) in [5.74, 6) is -3.84. The van der Waals surface area contributed by atoms with Crippen LogP contribution in [0.3, 0.4) is 0 Å². The molecule has 0 aliphatic carbocycles. The number of alkyl halides is 1. The van der Waals surface area contributed by atoms with E-state index in [0.717, 1.165) is 11.9 Å². The first-order valence-corrected chi connectivity index (χ1v) is 21.3. The number of nitrogens with one attached hydrogen (secondary N) is 1. The predicted octanol–water partition coefficient (Wildman–Crippen LogP) is 4.25. The van der Waals surface area contributed by atoms with Crippen LogP contribution in [0.15, 0.2) is 17.8 Å². The number of fused-ring (bicyclic) bond motifs is 1. The molecule has 0 aromatic carbocycles. The standard InChI is InChI=1S/C40H64FN7O9S/c1-12-29-40(8)31(48(37(52)57-40)17-14-13-16-47-22-27(44-45-47)34-42-15-18-58-34)26(5)43-21-23(2)20-38(6,53-11)33(25(4)32(50)39(7,41)36(51)55-29)56-35-30(49)28(46(9)10)19-24(3)54-35/h15,18,22-26,28-31,33,35,43,49H,12-14,16-17,19-21H2,1-11H3/t23-,24-,25+,26-,28?,29-,30?,31-,33-,35+,38-,39?,40-/m1/s1. The number of hydrogen-bond donors (Lipinski definition) is 2. The zero-order chi connectivity index (χ0) is 42.7. The smallest absolute Gasteiger partial charge is 0.410 e. The van der Waals surface area contributed by atoms with Crippen molar-refractivity contribution in [1.82, 2.24) is 35.1 Å². The van der Waals surface area contributed by atoms with Gasteiger partial charge in [0.05, 0.1) is 30.0 Å². The number of cyclic esters (lactones) is 1. The molecule has 2 aromatic rings. The maximum absolute atomic E-state index is 16.9. The second-order valence-corrected chi connectivity index (χ2v) is 18.1. The third kappa shape index (κ3) is 9.58. The van der Waals surface area contributed by atoms with Crippen LogP contribution in [0.5, 0.6) is 0 Å². The maximum atomic E-state index is 16.9. The van der Waals surface area contributed by atoms with Crippen molar-refractivity contribution in [2.24, 2.45) is 11.8 Å². The highest BCUT2D eigenvalue weighted by atomic mass is 32.1. The minimum absolute atomic E-state index is 0.108. The average Bonchev–Trinajstić information content (AvgIpc) is 3.93. The lowest BCUT2D eigenvalue weighted by atomic mass is 9.78. The molecule has 18 heteroatoms. The molecule has 3 unspecified atom stereocenters. The highest BCUT2D eigenvalue weighted by Crippen LogP contribution is 2.41. The summed E-state index contributed by atoms with van der Waals surface area (Å²) in [6.07, 6.45) is 0.517. The van der Waals surface area contributed by atoms with Gasteiger partial charge in [0.15, 0.2) is 17.7 Å². The minimum atomic E-state index is -3.13. The largest absolute Gasteiger partial charge is 0.455 e. The van der Waals surface area contributed by atoms with E-state index < -0.39 is 71.3 Å². The number of hydrogen-bond acceptors (Lipinski definition) is 15. The molecule has 0 spiro atoms. The van der Waals surface area contributed by atoms with Gasteiger partial charge in [-0.2, -0.15) is 0 Å². The van der Waals surface area contributed by atoms with E-state index in [-0.39, 0.29) is 30.5 Å². The Bertz CT molecular complexity index is 1700. The first kappa shape index (κ1) is 45.9. The number of methoxy groups -OCH3 is 1. The highest BCUT2D eigenvalue weighted by Gasteiger charge is 2.60. The van der Waals surface area contributed by atoms with Crippen molar-refractivity contribution >= 4 is 29.2 Å². The third-order valence-corrected chi connectivity index (χ3v) is 13.1. The molecule has 0 radical (unpaired) electrons. The van der Waals surface area contributed by atoms with Crippen molar-refractivity contribution in [2.75, 3.05) is 34.3 Å². The number of ether oxygens (including phenoxy) is 5. The molecule has 2 N–H and O–H groups in total. The fourth-order valence-electron chi connectivity index (χ4n) is 9.07. The normalized spacial score (nSPS) is 38.2. The third-order valence-electron chi connectivity index (χ3n) is 12.3. The molecule has 5 rings (SSSR count). The number of carbonyl (C=O) groups is 3. The molecule has 3 saturated heterocycles. The molecule has 3 aliphatic heterocycles. The summed E-state index contributed by atoms with van der Waals surface area (Å²) in [6, 6.07) is -1.33.